The molecule has 106 valence electrons. The summed E-state index contributed by atoms with van der Waals surface area (Å²) in [4.78, 5) is 0. The van der Waals surface area contributed by atoms with E-state index in [-0.39, 0.29) is 0 Å². The first kappa shape index (κ1) is 14.8. The van der Waals surface area contributed by atoms with Gasteiger partial charge in [0.25, 0.3) is 0 Å². The highest BCUT2D eigenvalue weighted by molar-refractivity contribution is 6.92. The molecule has 1 heterocycles. The van der Waals surface area contributed by atoms with Crippen molar-refractivity contribution in [1.82, 2.24) is 0 Å². The molecule has 19 heavy (non-hydrogen) atoms. The van der Waals surface area contributed by atoms with Crippen molar-refractivity contribution in [1.29, 1.82) is 0 Å². The monoisotopic (exact) mass is 274 g/mol. The topological polar surface area (TPSA) is 0 Å². The Morgan fingerprint density at radius 2 is 1.53 bits per heavy atom. The average molecular weight is 275 g/mol. The quantitative estimate of drug-likeness (QED) is 0.455. The average Bonchev–Trinajstić information content (AvgIpc) is 2.49. The maximum Gasteiger partial charge on any atom is 0.0867 e. The molecule has 1 aliphatic heterocycles. The highest BCUT2D eigenvalue weighted by Crippen LogP contribution is 2.33. The van der Waals surface area contributed by atoms with Crippen LogP contribution in [0.5, 0.6) is 0 Å². The lowest BCUT2D eigenvalue weighted by Crippen LogP contribution is -2.48. The Labute approximate surface area is 120 Å². The Balaban J connectivity index is 1.95. The zero-order valence-corrected chi connectivity index (χ0v) is 13.7. The van der Waals surface area contributed by atoms with Crippen LogP contribution in [0.3, 0.4) is 0 Å². The SMILES string of the molecule is CCCCCCC[Si]1(c2ccccc2)CCCCC1. The van der Waals surface area contributed by atoms with Gasteiger partial charge < -0.3 is 0 Å². The van der Waals surface area contributed by atoms with E-state index < -0.39 is 8.07 Å². The number of rotatable bonds is 7. The minimum Gasteiger partial charge on any atom is -0.0654 e. The van der Waals surface area contributed by atoms with E-state index in [2.05, 4.69) is 37.3 Å². The summed E-state index contributed by atoms with van der Waals surface area (Å²) in [6.07, 6.45) is 11.7. The van der Waals surface area contributed by atoms with E-state index in [1.54, 1.807) is 23.3 Å². The second kappa shape index (κ2) is 7.89. The van der Waals surface area contributed by atoms with Crippen molar-refractivity contribution in [3.8, 4) is 0 Å². The molecule has 1 saturated heterocycles. The molecule has 0 radical (unpaired) electrons. The highest BCUT2D eigenvalue weighted by Gasteiger charge is 2.35. The first-order valence-corrected chi connectivity index (χ1v) is 11.0. The van der Waals surface area contributed by atoms with Gasteiger partial charge in [-0.25, -0.2) is 0 Å². The third-order valence-corrected chi connectivity index (χ3v) is 10.4. The summed E-state index contributed by atoms with van der Waals surface area (Å²) in [5.41, 5.74) is 0. The van der Waals surface area contributed by atoms with Gasteiger partial charge in [0, 0.05) is 0 Å². The van der Waals surface area contributed by atoms with Crippen LogP contribution in [-0.4, -0.2) is 8.07 Å². The van der Waals surface area contributed by atoms with Gasteiger partial charge in [0.15, 0.2) is 0 Å². The van der Waals surface area contributed by atoms with Crippen LogP contribution in [0.2, 0.25) is 18.1 Å². The summed E-state index contributed by atoms with van der Waals surface area (Å²) in [5, 5.41) is 1.75. The third-order valence-electron chi connectivity index (χ3n) is 4.96. The van der Waals surface area contributed by atoms with E-state index in [0.717, 1.165) is 0 Å². The first-order valence-electron chi connectivity index (χ1n) is 8.43. The van der Waals surface area contributed by atoms with Crippen LogP contribution in [0, 0.1) is 0 Å². The van der Waals surface area contributed by atoms with E-state index in [4.69, 9.17) is 0 Å². The van der Waals surface area contributed by atoms with Crippen molar-refractivity contribution in [2.45, 2.75) is 76.4 Å². The maximum atomic E-state index is 2.43. The molecule has 1 heteroatoms. The largest absolute Gasteiger partial charge is 0.0867 e. The molecule has 0 amide bonds. The van der Waals surface area contributed by atoms with Crippen LogP contribution in [0.4, 0.5) is 0 Å². The molecule has 1 aromatic rings. The van der Waals surface area contributed by atoms with Crippen molar-refractivity contribution in [2.75, 3.05) is 0 Å². The molecule has 1 fully saturated rings. The summed E-state index contributed by atoms with van der Waals surface area (Å²) >= 11 is 0. The number of hydrogen-bond donors (Lipinski definition) is 0. The van der Waals surface area contributed by atoms with Crippen molar-refractivity contribution in [3.63, 3.8) is 0 Å². The van der Waals surface area contributed by atoms with E-state index in [9.17, 15) is 0 Å². The van der Waals surface area contributed by atoms with Gasteiger partial charge in [-0.15, -0.1) is 0 Å². The summed E-state index contributed by atoms with van der Waals surface area (Å²) in [6.45, 7) is 2.31. The minimum atomic E-state index is -1.12. The fourth-order valence-corrected chi connectivity index (χ4v) is 9.07. The molecule has 0 spiro atoms. The summed E-state index contributed by atoms with van der Waals surface area (Å²) < 4.78 is 0. The summed E-state index contributed by atoms with van der Waals surface area (Å²) in [5.74, 6) is 0. The predicted molar refractivity (Wildman–Crippen MR) is 88.9 cm³/mol. The van der Waals surface area contributed by atoms with Crippen LogP contribution in [0.25, 0.3) is 0 Å². The van der Waals surface area contributed by atoms with Crippen molar-refractivity contribution < 1.29 is 0 Å². The number of unbranched alkanes of at least 4 members (excludes halogenated alkanes) is 4. The Kier molecular flexibility index (Phi) is 6.16. The van der Waals surface area contributed by atoms with Gasteiger partial charge in [0.05, 0.1) is 8.07 Å². The smallest absolute Gasteiger partial charge is 0.0654 e. The second-order valence-corrected chi connectivity index (χ2v) is 11.0. The molecule has 2 rings (SSSR count). The Hall–Kier alpha value is -0.563. The fourth-order valence-electron chi connectivity index (χ4n) is 3.77. The van der Waals surface area contributed by atoms with E-state index in [1.165, 1.54) is 51.4 Å². The Bertz CT molecular complexity index is 338. The maximum absolute atomic E-state index is 2.43. The van der Waals surface area contributed by atoms with E-state index >= 15 is 0 Å². The van der Waals surface area contributed by atoms with Gasteiger partial charge in [0.2, 0.25) is 0 Å². The lowest BCUT2D eigenvalue weighted by Gasteiger charge is -2.36. The van der Waals surface area contributed by atoms with Gasteiger partial charge in [-0.05, 0) is 0 Å². The molecule has 0 aromatic heterocycles. The van der Waals surface area contributed by atoms with Gasteiger partial charge >= 0.3 is 0 Å². The Morgan fingerprint density at radius 1 is 0.842 bits per heavy atom. The molecule has 0 unspecified atom stereocenters. The van der Waals surface area contributed by atoms with Crippen molar-refractivity contribution in [3.05, 3.63) is 30.3 Å². The standard InChI is InChI=1S/C18H30Si/c1-2-3-4-5-10-15-19(16-11-7-12-17-19)18-13-8-6-9-14-18/h6,8-9,13-14H,2-5,7,10-12,15-17H2,1H3. The van der Waals surface area contributed by atoms with Gasteiger partial charge in [-0.3, -0.25) is 0 Å². The van der Waals surface area contributed by atoms with Gasteiger partial charge in [0.1, 0.15) is 0 Å². The van der Waals surface area contributed by atoms with Crippen LogP contribution in [0.15, 0.2) is 30.3 Å². The third kappa shape index (κ3) is 4.20. The molecular formula is C18H30Si. The van der Waals surface area contributed by atoms with E-state index in [1.807, 2.05) is 0 Å². The fraction of sp³-hybridized carbons (Fsp3) is 0.667. The highest BCUT2D eigenvalue weighted by atomic mass is 28.3. The molecule has 0 saturated carbocycles. The van der Waals surface area contributed by atoms with Crippen LogP contribution in [0.1, 0.15) is 58.3 Å². The predicted octanol–water partition coefficient (Wildman–Crippen LogP) is 5.50. The van der Waals surface area contributed by atoms with Crippen LogP contribution in [-0.2, 0) is 0 Å². The molecule has 0 bridgehead atoms. The van der Waals surface area contributed by atoms with Crippen LogP contribution < -0.4 is 5.19 Å². The minimum absolute atomic E-state index is 1.12. The first-order chi connectivity index (χ1) is 9.37. The zero-order chi connectivity index (χ0) is 13.4. The molecule has 1 aliphatic rings. The lowest BCUT2D eigenvalue weighted by atomic mass is 10.2. The molecule has 0 atom stereocenters. The normalized spacial score (nSPS) is 18.4. The van der Waals surface area contributed by atoms with Gasteiger partial charge in [-0.1, -0.05) is 112 Å². The molecule has 0 N–H and O–H groups in total. The Morgan fingerprint density at radius 3 is 2.21 bits per heavy atom. The van der Waals surface area contributed by atoms with Crippen molar-refractivity contribution >= 4 is 13.3 Å². The van der Waals surface area contributed by atoms with Crippen molar-refractivity contribution in [2.24, 2.45) is 0 Å². The number of hydrogen-bond acceptors (Lipinski definition) is 0. The summed E-state index contributed by atoms with van der Waals surface area (Å²) in [6, 6.07) is 16.2. The molecule has 0 aliphatic carbocycles. The molecule has 0 nitrogen and oxygen atoms in total. The van der Waals surface area contributed by atoms with Gasteiger partial charge in [-0.2, -0.15) is 0 Å². The number of benzene rings is 1. The second-order valence-electron chi connectivity index (χ2n) is 6.37. The van der Waals surface area contributed by atoms with Crippen LogP contribution >= 0.6 is 0 Å². The summed E-state index contributed by atoms with van der Waals surface area (Å²) in [7, 11) is -1.12. The zero-order valence-electron chi connectivity index (χ0n) is 12.7. The molecular weight excluding hydrogens is 244 g/mol. The lowest BCUT2D eigenvalue weighted by molar-refractivity contribution is 0.644. The molecule has 1 aromatic carbocycles. The van der Waals surface area contributed by atoms with E-state index in [0.29, 0.717) is 0 Å².